The van der Waals surface area contributed by atoms with Gasteiger partial charge in [0, 0.05) is 11.4 Å². The van der Waals surface area contributed by atoms with Gasteiger partial charge in [0.15, 0.2) is 6.61 Å². The van der Waals surface area contributed by atoms with Gasteiger partial charge in [0.1, 0.15) is 10.8 Å². The number of anilines is 1. The van der Waals surface area contributed by atoms with E-state index >= 15 is 0 Å². The van der Waals surface area contributed by atoms with Crippen molar-refractivity contribution in [2.75, 3.05) is 11.9 Å². The minimum Gasteiger partial charge on any atom is -0.484 e. The Morgan fingerprint density at radius 2 is 2.00 bits per heavy atom. The summed E-state index contributed by atoms with van der Waals surface area (Å²) < 4.78 is 5.50. The van der Waals surface area contributed by atoms with Crippen molar-refractivity contribution in [2.45, 2.75) is 33.6 Å². The molecule has 22 heavy (non-hydrogen) atoms. The highest BCUT2D eigenvalue weighted by Crippen LogP contribution is 2.25. The number of hydrogen-bond acceptors (Lipinski definition) is 5. The van der Waals surface area contributed by atoms with Gasteiger partial charge in [-0.05, 0) is 43.5 Å². The number of nitrogens with zero attached hydrogens (tertiary/aromatic N) is 2. The van der Waals surface area contributed by atoms with Crippen LogP contribution in [0.2, 0.25) is 5.02 Å². The molecule has 1 N–H and O–H groups in total. The molecular weight excluding hydrogens is 322 g/mol. The minimum atomic E-state index is -0.260. The molecule has 0 aliphatic carbocycles. The zero-order valence-corrected chi connectivity index (χ0v) is 14.3. The van der Waals surface area contributed by atoms with E-state index in [0.717, 1.165) is 29.0 Å². The van der Waals surface area contributed by atoms with Gasteiger partial charge in [-0.15, -0.1) is 10.2 Å². The van der Waals surface area contributed by atoms with Crippen molar-refractivity contribution in [1.29, 1.82) is 0 Å². The summed E-state index contributed by atoms with van der Waals surface area (Å²) in [5.41, 5.74) is 1.84. The van der Waals surface area contributed by atoms with Gasteiger partial charge in [0.05, 0.1) is 0 Å². The van der Waals surface area contributed by atoms with E-state index in [-0.39, 0.29) is 12.5 Å². The summed E-state index contributed by atoms with van der Waals surface area (Å²) in [6.07, 6.45) is 1.87. The van der Waals surface area contributed by atoms with Crippen LogP contribution in [0.3, 0.4) is 0 Å². The first-order valence-electron chi connectivity index (χ1n) is 7.01. The number of halogens is 1. The number of carbonyl (C=O) groups is 1. The molecular formula is C15H18ClN3O2S. The van der Waals surface area contributed by atoms with Crippen LogP contribution in [0.25, 0.3) is 0 Å². The molecule has 1 amide bonds. The molecule has 0 saturated carbocycles. The van der Waals surface area contributed by atoms with Gasteiger partial charge in [-0.3, -0.25) is 10.1 Å². The largest absolute Gasteiger partial charge is 0.484 e. The van der Waals surface area contributed by atoms with Gasteiger partial charge in [0.2, 0.25) is 5.13 Å². The van der Waals surface area contributed by atoms with Crippen molar-refractivity contribution in [3.8, 4) is 5.75 Å². The van der Waals surface area contributed by atoms with E-state index in [0.29, 0.717) is 15.9 Å². The van der Waals surface area contributed by atoms with Crippen molar-refractivity contribution in [3.05, 3.63) is 33.3 Å². The number of amides is 1. The molecule has 1 aromatic heterocycles. The SMILES string of the molecule is CCCc1nnc(NC(=O)COc2cc(C)c(Cl)c(C)c2)s1. The third kappa shape index (κ3) is 4.42. The highest BCUT2D eigenvalue weighted by molar-refractivity contribution is 7.15. The number of aryl methyl sites for hydroxylation is 3. The van der Waals surface area contributed by atoms with Crippen LogP contribution in [0.15, 0.2) is 12.1 Å². The molecule has 1 aromatic carbocycles. The molecule has 0 saturated heterocycles. The summed E-state index contributed by atoms with van der Waals surface area (Å²) in [6, 6.07) is 3.62. The Balaban J connectivity index is 1.89. The molecule has 118 valence electrons. The van der Waals surface area contributed by atoms with E-state index in [1.54, 1.807) is 0 Å². The van der Waals surface area contributed by atoms with Gasteiger partial charge in [-0.2, -0.15) is 0 Å². The molecule has 0 aliphatic rings. The Morgan fingerprint density at radius 1 is 1.32 bits per heavy atom. The number of nitrogens with one attached hydrogen (secondary N) is 1. The maximum Gasteiger partial charge on any atom is 0.264 e. The second kappa shape index (κ2) is 7.56. The van der Waals surface area contributed by atoms with E-state index in [2.05, 4.69) is 22.4 Å². The first-order valence-corrected chi connectivity index (χ1v) is 8.20. The molecule has 0 fully saturated rings. The van der Waals surface area contributed by atoms with Crippen molar-refractivity contribution in [1.82, 2.24) is 10.2 Å². The highest BCUT2D eigenvalue weighted by atomic mass is 35.5. The maximum atomic E-state index is 11.9. The van der Waals surface area contributed by atoms with Gasteiger partial charge >= 0.3 is 0 Å². The standard InChI is InChI=1S/C15H18ClN3O2S/c1-4-5-13-18-19-15(22-13)17-12(20)8-21-11-6-9(2)14(16)10(3)7-11/h6-7H,4-5,8H2,1-3H3,(H,17,19,20). The van der Waals surface area contributed by atoms with Crippen LogP contribution in [0.4, 0.5) is 5.13 Å². The predicted octanol–water partition coefficient (Wildman–Crippen LogP) is 3.78. The van der Waals surface area contributed by atoms with Crippen molar-refractivity contribution in [3.63, 3.8) is 0 Å². The molecule has 0 bridgehead atoms. The quantitative estimate of drug-likeness (QED) is 0.869. The number of benzene rings is 1. The van der Waals surface area contributed by atoms with Gasteiger partial charge in [0.25, 0.3) is 5.91 Å². The van der Waals surface area contributed by atoms with E-state index in [1.807, 2.05) is 26.0 Å². The zero-order valence-electron chi connectivity index (χ0n) is 12.8. The Morgan fingerprint density at radius 3 is 2.64 bits per heavy atom. The van der Waals surface area contributed by atoms with Gasteiger partial charge < -0.3 is 4.74 Å². The first kappa shape index (κ1) is 16.7. The number of ether oxygens (including phenoxy) is 1. The number of rotatable bonds is 6. The lowest BCUT2D eigenvalue weighted by molar-refractivity contribution is -0.118. The fourth-order valence-electron chi connectivity index (χ4n) is 1.91. The van der Waals surface area contributed by atoms with Crippen LogP contribution >= 0.6 is 22.9 Å². The second-order valence-electron chi connectivity index (χ2n) is 4.96. The van der Waals surface area contributed by atoms with E-state index in [1.165, 1.54) is 11.3 Å². The van der Waals surface area contributed by atoms with E-state index in [9.17, 15) is 4.79 Å². The Labute approximate surface area is 138 Å². The van der Waals surface area contributed by atoms with Crippen LogP contribution in [0.5, 0.6) is 5.75 Å². The number of hydrogen-bond donors (Lipinski definition) is 1. The molecule has 0 atom stereocenters. The highest BCUT2D eigenvalue weighted by Gasteiger charge is 2.10. The molecule has 2 rings (SSSR count). The average molecular weight is 340 g/mol. The van der Waals surface area contributed by atoms with Crippen molar-refractivity contribution >= 4 is 34.0 Å². The summed E-state index contributed by atoms with van der Waals surface area (Å²) in [4.78, 5) is 11.9. The van der Waals surface area contributed by atoms with Crippen molar-refractivity contribution < 1.29 is 9.53 Å². The summed E-state index contributed by atoms with van der Waals surface area (Å²) >= 11 is 7.49. The fourth-order valence-corrected chi connectivity index (χ4v) is 2.88. The zero-order chi connectivity index (χ0) is 16.1. The summed E-state index contributed by atoms with van der Waals surface area (Å²) in [5, 5.41) is 12.8. The molecule has 0 spiro atoms. The lowest BCUT2D eigenvalue weighted by Crippen LogP contribution is -2.20. The van der Waals surface area contributed by atoms with Gasteiger partial charge in [-0.1, -0.05) is 29.9 Å². The van der Waals surface area contributed by atoms with Crippen LogP contribution in [0.1, 0.15) is 29.5 Å². The van der Waals surface area contributed by atoms with Crippen LogP contribution in [0, 0.1) is 13.8 Å². The lowest BCUT2D eigenvalue weighted by atomic mass is 10.1. The molecule has 2 aromatic rings. The van der Waals surface area contributed by atoms with Crippen LogP contribution in [-0.4, -0.2) is 22.7 Å². The molecule has 0 unspecified atom stereocenters. The predicted molar refractivity (Wildman–Crippen MR) is 89.0 cm³/mol. The van der Waals surface area contributed by atoms with E-state index < -0.39 is 0 Å². The molecule has 0 radical (unpaired) electrons. The summed E-state index contributed by atoms with van der Waals surface area (Å²) in [5.74, 6) is 0.364. The topological polar surface area (TPSA) is 64.1 Å². The maximum absolute atomic E-state index is 11.9. The molecule has 0 aliphatic heterocycles. The number of carbonyl (C=O) groups excluding carboxylic acids is 1. The third-order valence-electron chi connectivity index (χ3n) is 2.96. The minimum absolute atomic E-state index is 0.0802. The monoisotopic (exact) mass is 339 g/mol. The molecule has 1 heterocycles. The fraction of sp³-hybridized carbons (Fsp3) is 0.400. The average Bonchev–Trinajstić information content (AvgIpc) is 2.90. The smallest absolute Gasteiger partial charge is 0.264 e. The third-order valence-corrected chi connectivity index (χ3v) is 4.45. The number of aromatic nitrogens is 2. The molecule has 7 heteroatoms. The Hall–Kier alpha value is -1.66. The lowest BCUT2D eigenvalue weighted by Gasteiger charge is -2.09. The van der Waals surface area contributed by atoms with Crippen molar-refractivity contribution in [2.24, 2.45) is 0 Å². The Bertz CT molecular complexity index is 650. The Kier molecular flexibility index (Phi) is 5.74. The second-order valence-corrected chi connectivity index (χ2v) is 6.40. The first-order chi connectivity index (χ1) is 10.5. The van der Waals surface area contributed by atoms with Crippen LogP contribution < -0.4 is 10.1 Å². The molecule has 5 nitrogen and oxygen atoms in total. The van der Waals surface area contributed by atoms with Crippen LogP contribution in [-0.2, 0) is 11.2 Å². The van der Waals surface area contributed by atoms with Gasteiger partial charge in [-0.25, -0.2) is 0 Å². The van der Waals surface area contributed by atoms with E-state index in [4.69, 9.17) is 16.3 Å². The summed E-state index contributed by atoms with van der Waals surface area (Å²) in [6.45, 7) is 5.80. The normalized spacial score (nSPS) is 10.5. The summed E-state index contributed by atoms with van der Waals surface area (Å²) in [7, 11) is 0.